The predicted octanol–water partition coefficient (Wildman–Crippen LogP) is 6.02. The summed E-state index contributed by atoms with van der Waals surface area (Å²) in [4.78, 5) is 10.2. The summed E-state index contributed by atoms with van der Waals surface area (Å²) in [5.74, 6) is -0.627. The molecule has 4 rings (SSSR count). The van der Waals surface area contributed by atoms with E-state index in [0.717, 1.165) is 25.7 Å². The van der Waals surface area contributed by atoms with E-state index in [1.54, 1.807) is 0 Å². The summed E-state index contributed by atoms with van der Waals surface area (Å²) < 4.78 is 0. The van der Waals surface area contributed by atoms with Crippen LogP contribution in [0.25, 0.3) is 0 Å². The fourth-order valence-corrected chi connectivity index (χ4v) is 2.70. The molecule has 0 aromatic heterocycles. The van der Waals surface area contributed by atoms with Crippen molar-refractivity contribution in [2.24, 2.45) is 5.92 Å². The van der Waals surface area contributed by atoms with Crippen LogP contribution in [0.2, 0.25) is 0 Å². The molecule has 1 N–H and O–H groups in total. The summed E-state index contributed by atoms with van der Waals surface area (Å²) in [5.41, 5.74) is 0. The second-order valence-corrected chi connectivity index (χ2v) is 6.01. The number of hydrogen-bond donors (Lipinski definition) is 1. The van der Waals surface area contributed by atoms with Crippen LogP contribution in [0.3, 0.4) is 0 Å². The zero-order chi connectivity index (χ0) is 16.6. The number of carboxylic acid groups (broad SMARTS) is 1. The fraction of sp³-hybridized carbons (Fsp3) is 0.476. The molecule has 0 saturated heterocycles. The summed E-state index contributed by atoms with van der Waals surface area (Å²) in [6, 6.07) is 20.0. The van der Waals surface area contributed by atoms with Crippen LogP contribution in [0.15, 0.2) is 60.7 Å². The quantitative estimate of drug-likeness (QED) is 0.448. The van der Waals surface area contributed by atoms with Gasteiger partial charge >= 0.3 is 23.0 Å². The summed E-state index contributed by atoms with van der Waals surface area (Å²) in [5, 5.41) is 8.41. The van der Waals surface area contributed by atoms with Gasteiger partial charge in [0.1, 0.15) is 0 Å². The van der Waals surface area contributed by atoms with E-state index >= 15 is 0 Å². The first-order valence-electron chi connectivity index (χ1n) is 8.87. The zero-order valence-corrected chi connectivity index (χ0v) is 17.0. The Balaban J connectivity index is 0. The van der Waals surface area contributed by atoms with Gasteiger partial charge in [0.15, 0.2) is 0 Å². The van der Waals surface area contributed by atoms with Crippen molar-refractivity contribution >= 4 is 5.97 Å². The molecular weight excluding hydrogens is 396 g/mol. The second kappa shape index (κ2) is 19.5. The minimum Gasteiger partial charge on any atom is -0.481 e. The van der Waals surface area contributed by atoms with E-state index < -0.39 is 5.97 Å². The normalized spacial score (nSPS) is 14.9. The van der Waals surface area contributed by atoms with Gasteiger partial charge in [-0.15, -0.1) is 0 Å². The van der Waals surface area contributed by atoms with Gasteiger partial charge in [-0.25, -0.2) is 24.3 Å². The molecule has 2 aliphatic carbocycles. The van der Waals surface area contributed by atoms with Crippen LogP contribution in [-0.4, -0.2) is 11.1 Å². The molecule has 0 atom stereocenters. The predicted molar refractivity (Wildman–Crippen MR) is 96.7 cm³/mol. The van der Waals surface area contributed by atoms with E-state index in [4.69, 9.17) is 5.11 Å². The average molecular weight is 426 g/mol. The molecule has 2 aliphatic rings. The van der Waals surface area contributed by atoms with Gasteiger partial charge in [0.2, 0.25) is 0 Å². The topological polar surface area (TPSA) is 37.3 Å². The molecule has 0 aliphatic heterocycles. The Labute approximate surface area is 174 Å². The SMILES string of the molecule is C1CCCC1.O=C(O)C1CCCC1.[Fe+2].[Fe].c1cc[cH-]c1.c1cc[cH-]c1. The smallest absolute Gasteiger partial charge is 0.481 e. The van der Waals surface area contributed by atoms with Crippen molar-refractivity contribution < 1.29 is 44.0 Å². The molecule has 25 heavy (non-hydrogen) atoms. The van der Waals surface area contributed by atoms with E-state index in [1.807, 2.05) is 60.7 Å². The second-order valence-electron chi connectivity index (χ2n) is 6.01. The Morgan fingerprint density at radius 1 is 0.720 bits per heavy atom. The van der Waals surface area contributed by atoms with Crippen LogP contribution in [0.1, 0.15) is 57.8 Å². The van der Waals surface area contributed by atoms with E-state index in [9.17, 15) is 4.79 Å². The van der Waals surface area contributed by atoms with Gasteiger partial charge in [-0.1, -0.05) is 44.9 Å². The molecule has 0 spiro atoms. The average Bonchev–Trinajstić information content (AvgIpc) is 3.45. The zero-order valence-electron chi connectivity index (χ0n) is 14.8. The molecule has 142 valence electrons. The van der Waals surface area contributed by atoms with Gasteiger partial charge in [-0.3, -0.25) is 4.79 Å². The van der Waals surface area contributed by atoms with Gasteiger partial charge in [0, 0.05) is 17.1 Å². The van der Waals surface area contributed by atoms with Crippen LogP contribution in [0, 0.1) is 5.92 Å². The summed E-state index contributed by atoms with van der Waals surface area (Å²) in [6.07, 6.45) is 11.5. The number of carboxylic acids is 1. The molecule has 4 heteroatoms. The standard InChI is InChI=1S/C6H10O2.C5H10.2C5H5.2Fe/c7-6(8)5-3-1-2-4-5;3*1-2-4-5-3-1;;/h5H,1-4H2,(H,7,8);1-5H2;2*1-5H;;/q;;2*-1;;+2. The molecule has 2 saturated carbocycles. The Hall–Kier alpha value is -0.791. The number of aliphatic carboxylic acids is 1. The third-order valence-electron chi connectivity index (χ3n) is 4.07. The molecule has 0 amide bonds. The van der Waals surface area contributed by atoms with Crippen molar-refractivity contribution in [2.45, 2.75) is 57.8 Å². The molecule has 0 radical (unpaired) electrons. The number of hydrogen-bond acceptors (Lipinski definition) is 1. The van der Waals surface area contributed by atoms with E-state index in [2.05, 4.69) is 0 Å². The van der Waals surface area contributed by atoms with Crippen LogP contribution in [0.4, 0.5) is 0 Å². The first kappa shape index (κ1) is 26.4. The maximum atomic E-state index is 10.2. The van der Waals surface area contributed by atoms with Crippen molar-refractivity contribution in [3.8, 4) is 0 Å². The molecule has 2 fully saturated rings. The molecule has 2 aromatic rings. The monoisotopic (exact) mass is 426 g/mol. The molecule has 0 unspecified atom stereocenters. The van der Waals surface area contributed by atoms with Crippen molar-refractivity contribution in [1.82, 2.24) is 0 Å². The Morgan fingerprint density at radius 2 is 1.04 bits per heavy atom. The van der Waals surface area contributed by atoms with Gasteiger partial charge in [0.05, 0.1) is 5.92 Å². The number of rotatable bonds is 1. The van der Waals surface area contributed by atoms with Crippen molar-refractivity contribution in [3.05, 3.63) is 60.7 Å². The third-order valence-corrected chi connectivity index (χ3v) is 4.07. The van der Waals surface area contributed by atoms with Crippen LogP contribution >= 0.6 is 0 Å². The minimum absolute atomic E-state index is 0. The molecular formula is C21H30Fe2O2. The summed E-state index contributed by atoms with van der Waals surface area (Å²) in [6.45, 7) is 0. The van der Waals surface area contributed by atoms with Crippen LogP contribution in [-0.2, 0) is 38.9 Å². The molecule has 2 nitrogen and oxygen atoms in total. The van der Waals surface area contributed by atoms with E-state index in [-0.39, 0.29) is 40.1 Å². The Bertz CT molecular complexity index is 374. The Kier molecular flexibility index (Phi) is 20.7. The third kappa shape index (κ3) is 16.4. The molecule has 0 heterocycles. The van der Waals surface area contributed by atoms with Gasteiger partial charge in [-0.2, -0.15) is 36.4 Å². The van der Waals surface area contributed by atoms with Gasteiger partial charge < -0.3 is 5.11 Å². The summed E-state index contributed by atoms with van der Waals surface area (Å²) in [7, 11) is 0. The van der Waals surface area contributed by atoms with E-state index in [1.165, 1.54) is 32.1 Å². The largest absolute Gasteiger partial charge is 2.00 e. The first-order valence-corrected chi connectivity index (χ1v) is 8.87. The fourth-order valence-electron chi connectivity index (χ4n) is 2.70. The van der Waals surface area contributed by atoms with Gasteiger partial charge in [0.25, 0.3) is 0 Å². The first-order chi connectivity index (χ1) is 11.3. The van der Waals surface area contributed by atoms with Crippen molar-refractivity contribution in [2.75, 3.05) is 0 Å². The van der Waals surface area contributed by atoms with Crippen molar-refractivity contribution in [3.63, 3.8) is 0 Å². The van der Waals surface area contributed by atoms with Gasteiger partial charge in [-0.05, 0) is 12.8 Å². The van der Waals surface area contributed by atoms with E-state index in [0.29, 0.717) is 0 Å². The molecule has 0 bridgehead atoms. The number of carbonyl (C=O) groups is 1. The maximum Gasteiger partial charge on any atom is 2.00 e. The van der Waals surface area contributed by atoms with Crippen LogP contribution in [0.5, 0.6) is 0 Å². The maximum absolute atomic E-state index is 10.2. The minimum atomic E-state index is -0.609. The molecule has 2 aromatic carbocycles. The Morgan fingerprint density at radius 3 is 1.20 bits per heavy atom. The summed E-state index contributed by atoms with van der Waals surface area (Å²) >= 11 is 0. The van der Waals surface area contributed by atoms with Crippen molar-refractivity contribution in [1.29, 1.82) is 0 Å². The van der Waals surface area contributed by atoms with Crippen LogP contribution < -0.4 is 0 Å².